The number of fused-ring (bicyclic) bond motifs is 1. The first kappa shape index (κ1) is 11.6. The van der Waals surface area contributed by atoms with Crippen molar-refractivity contribution < 1.29 is 4.74 Å². The first-order valence-corrected chi connectivity index (χ1v) is 6.51. The van der Waals surface area contributed by atoms with Crippen LogP contribution in [0.15, 0.2) is 24.3 Å². The Balaban J connectivity index is 2.36. The smallest absolute Gasteiger partial charge is 0.106 e. The van der Waals surface area contributed by atoms with Crippen LogP contribution >= 0.6 is 11.8 Å². The minimum absolute atomic E-state index is 0.216. The van der Waals surface area contributed by atoms with E-state index in [1.54, 1.807) is 18.9 Å². The third kappa shape index (κ3) is 2.25. The number of hydrogen-bond donors (Lipinski definition) is 1. The Hall–Kier alpha value is -0.930. The van der Waals surface area contributed by atoms with Crippen molar-refractivity contribution in [3.63, 3.8) is 0 Å². The van der Waals surface area contributed by atoms with Crippen LogP contribution in [-0.4, -0.2) is 23.8 Å². The van der Waals surface area contributed by atoms with Crippen LogP contribution in [0.25, 0.3) is 10.9 Å². The van der Waals surface area contributed by atoms with Crippen molar-refractivity contribution >= 4 is 22.7 Å². The number of benzene rings is 1. The van der Waals surface area contributed by atoms with E-state index in [-0.39, 0.29) is 5.44 Å². The minimum atomic E-state index is 0.216. The SMILES string of the molecule is [CH2]c1cc2c(CC(OC)SC)cccc2[nH]1. The Morgan fingerprint density at radius 2 is 2.31 bits per heavy atom. The molecule has 3 heteroatoms. The van der Waals surface area contributed by atoms with Crippen molar-refractivity contribution in [2.24, 2.45) is 0 Å². The molecule has 0 aliphatic rings. The molecule has 1 unspecified atom stereocenters. The van der Waals surface area contributed by atoms with Gasteiger partial charge in [-0.15, -0.1) is 11.8 Å². The average Bonchev–Trinajstić information content (AvgIpc) is 2.67. The van der Waals surface area contributed by atoms with Gasteiger partial charge in [0.25, 0.3) is 0 Å². The van der Waals surface area contributed by atoms with Gasteiger partial charge in [-0.05, 0) is 30.9 Å². The summed E-state index contributed by atoms with van der Waals surface area (Å²) in [7, 11) is 1.76. The van der Waals surface area contributed by atoms with E-state index in [1.807, 2.05) is 0 Å². The summed E-state index contributed by atoms with van der Waals surface area (Å²) in [5.41, 5.74) is 3.64. The monoisotopic (exact) mass is 234 g/mol. The molecule has 0 amide bonds. The summed E-state index contributed by atoms with van der Waals surface area (Å²) in [6.45, 7) is 3.93. The van der Waals surface area contributed by atoms with Crippen molar-refractivity contribution in [3.8, 4) is 0 Å². The van der Waals surface area contributed by atoms with Gasteiger partial charge < -0.3 is 9.72 Å². The van der Waals surface area contributed by atoms with Crippen LogP contribution in [0.3, 0.4) is 0 Å². The highest BCUT2D eigenvalue weighted by Crippen LogP contribution is 2.23. The maximum absolute atomic E-state index is 5.40. The highest BCUT2D eigenvalue weighted by molar-refractivity contribution is 7.99. The number of nitrogens with one attached hydrogen (secondary N) is 1. The van der Waals surface area contributed by atoms with Crippen molar-refractivity contribution in [1.82, 2.24) is 4.98 Å². The summed E-state index contributed by atoms with van der Waals surface area (Å²) in [4.78, 5) is 3.25. The van der Waals surface area contributed by atoms with Gasteiger partial charge in [-0.3, -0.25) is 0 Å². The topological polar surface area (TPSA) is 25.0 Å². The van der Waals surface area contributed by atoms with Gasteiger partial charge in [-0.25, -0.2) is 0 Å². The van der Waals surface area contributed by atoms with Gasteiger partial charge in [-0.1, -0.05) is 12.1 Å². The largest absolute Gasteiger partial charge is 0.370 e. The maximum atomic E-state index is 5.40. The minimum Gasteiger partial charge on any atom is -0.370 e. The van der Waals surface area contributed by atoms with E-state index in [0.717, 1.165) is 17.6 Å². The number of hydrogen-bond acceptors (Lipinski definition) is 2. The van der Waals surface area contributed by atoms with Crippen LogP contribution in [0, 0.1) is 6.92 Å². The van der Waals surface area contributed by atoms with Crippen molar-refractivity contribution in [2.75, 3.05) is 13.4 Å². The lowest BCUT2D eigenvalue weighted by Crippen LogP contribution is -2.08. The van der Waals surface area contributed by atoms with Gasteiger partial charge in [0.1, 0.15) is 5.44 Å². The van der Waals surface area contributed by atoms with Crippen LogP contribution in [0.4, 0.5) is 0 Å². The number of thioether (sulfide) groups is 1. The van der Waals surface area contributed by atoms with Crippen molar-refractivity contribution in [2.45, 2.75) is 11.9 Å². The van der Waals surface area contributed by atoms with E-state index >= 15 is 0 Å². The molecular formula is C13H16NOS. The zero-order valence-electron chi connectivity index (χ0n) is 9.62. The zero-order valence-corrected chi connectivity index (χ0v) is 10.4. The fourth-order valence-corrected chi connectivity index (χ4v) is 2.43. The van der Waals surface area contributed by atoms with Crippen LogP contribution in [0.2, 0.25) is 0 Å². The van der Waals surface area contributed by atoms with E-state index in [1.165, 1.54) is 10.9 Å². The lowest BCUT2D eigenvalue weighted by atomic mass is 10.1. The van der Waals surface area contributed by atoms with Crippen molar-refractivity contribution in [3.05, 3.63) is 42.4 Å². The average molecular weight is 234 g/mol. The first-order valence-electron chi connectivity index (χ1n) is 5.22. The maximum Gasteiger partial charge on any atom is 0.106 e. The molecule has 0 saturated carbocycles. The van der Waals surface area contributed by atoms with Crippen LogP contribution < -0.4 is 0 Å². The van der Waals surface area contributed by atoms with Crippen LogP contribution in [0.1, 0.15) is 11.3 Å². The number of ether oxygens (including phenoxy) is 1. The molecule has 0 bridgehead atoms. The second kappa shape index (κ2) is 4.93. The van der Waals surface area contributed by atoms with Gasteiger partial charge in [-0.2, -0.15) is 0 Å². The predicted molar refractivity (Wildman–Crippen MR) is 70.8 cm³/mol. The number of aromatic nitrogens is 1. The van der Waals surface area contributed by atoms with Gasteiger partial charge in [0.15, 0.2) is 0 Å². The Morgan fingerprint density at radius 1 is 1.50 bits per heavy atom. The highest BCUT2D eigenvalue weighted by Gasteiger charge is 2.10. The standard InChI is InChI=1S/C13H16NOS/c1-9-7-11-10(8-13(15-2)16-3)5-4-6-12(11)14-9/h4-7,13-14H,1,8H2,2-3H3. The quantitative estimate of drug-likeness (QED) is 0.822. The summed E-state index contributed by atoms with van der Waals surface area (Å²) in [5, 5.41) is 1.25. The molecule has 0 aliphatic heterocycles. The van der Waals surface area contributed by atoms with E-state index < -0.39 is 0 Å². The number of H-pyrrole nitrogens is 1. The summed E-state index contributed by atoms with van der Waals surface area (Å²) in [6, 6.07) is 8.39. The lowest BCUT2D eigenvalue weighted by molar-refractivity contribution is 0.174. The molecule has 1 radical (unpaired) electrons. The van der Waals surface area contributed by atoms with Crippen molar-refractivity contribution in [1.29, 1.82) is 0 Å². The summed E-state index contributed by atoms with van der Waals surface area (Å²) in [5.74, 6) is 0. The zero-order chi connectivity index (χ0) is 11.5. The van der Waals surface area contributed by atoms with Gasteiger partial charge in [0, 0.05) is 30.1 Å². The van der Waals surface area contributed by atoms with Crippen LogP contribution in [0.5, 0.6) is 0 Å². The number of rotatable bonds is 4. The fourth-order valence-electron chi connectivity index (χ4n) is 1.90. The molecule has 1 aromatic carbocycles. The number of methoxy groups -OCH3 is 1. The molecule has 85 valence electrons. The Morgan fingerprint density at radius 3 is 3.00 bits per heavy atom. The lowest BCUT2D eigenvalue weighted by Gasteiger charge is -2.12. The van der Waals surface area contributed by atoms with E-state index in [4.69, 9.17) is 4.74 Å². The second-order valence-electron chi connectivity index (χ2n) is 3.78. The first-order chi connectivity index (χ1) is 7.74. The fraction of sp³-hybridized carbons (Fsp3) is 0.308. The molecule has 1 heterocycles. The molecule has 0 fully saturated rings. The van der Waals surface area contributed by atoms with E-state index in [2.05, 4.69) is 42.4 Å². The number of aromatic amines is 1. The molecule has 2 rings (SSSR count). The summed E-state index contributed by atoms with van der Waals surface area (Å²) < 4.78 is 5.40. The highest BCUT2D eigenvalue weighted by atomic mass is 32.2. The van der Waals surface area contributed by atoms with E-state index in [9.17, 15) is 0 Å². The molecule has 1 atom stereocenters. The molecule has 0 spiro atoms. The van der Waals surface area contributed by atoms with Gasteiger partial charge >= 0.3 is 0 Å². The molecular weight excluding hydrogens is 218 g/mol. The molecule has 0 saturated heterocycles. The van der Waals surface area contributed by atoms with Gasteiger partial charge in [0.05, 0.1) is 0 Å². The normalized spacial score (nSPS) is 13.2. The third-order valence-corrected chi connectivity index (χ3v) is 3.61. The molecule has 16 heavy (non-hydrogen) atoms. The second-order valence-corrected chi connectivity index (χ2v) is 4.78. The Kier molecular flexibility index (Phi) is 3.56. The van der Waals surface area contributed by atoms with Gasteiger partial charge in [0.2, 0.25) is 0 Å². The molecule has 0 aliphatic carbocycles. The van der Waals surface area contributed by atoms with Crippen LogP contribution in [-0.2, 0) is 11.2 Å². The molecule has 2 nitrogen and oxygen atoms in total. The molecule has 1 N–H and O–H groups in total. The predicted octanol–water partition coefficient (Wildman–Crippen LogP) is 3.23. The van der Waals surface area contributed by atoms with E-state index in [0.29, 0.717) is 0 Å². The Bertz CT molecular complexity index is 474. The summed E-state index contributed by atoms with van der Waals surface area (Å²) in [6.07, 6.45) is 2.99. The third-order valence-electron chi connectivity index (χ3n) is 2.72. The molecule has 2 aromatic rings. The Labute approximate surface area is 100 Å². The summed E-state index contributed by atoms with van der Waals surface area (Å²) >= 11 is 1.73. The molecule has 1 aromatic heterocycles.